The summed E-state index contributed by atoms with van der Waals surface area (Å²) in [6.07, 6.45) is 5.45. The van der Waals surface area contributed by atoms with Crippen molar-refractivity contribution in [2.75, 3.05) is 5.32 Å². The van der Waals surface area contributed by atoms with Gasteiger partial charge in [-0.25, -0.2) is 4.98 Å². The number of aliphatic hydroxyl groups is 1. The van der Waals surface area contributed by atoms with Gasteiger partial charge in [0.1, 0.15) is 0 Å². The predicted octanol–water partition coefficient (Wildman–Crippen LogP) is 2.38. The number of amides is 1. The number of aryl methyl sites for hydroxylation is 1. The van der Waals surface area contributed by atoms with Crippen molar-refractivity contribution in [2.45, 2.75) is 52.2 Å². The second-order valence-electron chi connectivity index (χ2n) is 5.94. The summed E-state index contributed by atoms with van der Waals surface area (Å²) in [5, 5.41) is 19.9. The van der Waals surface area contributed by atoms with E-state index in [2.05, 4.69) is 15.4 Å². The second-order valence-corrected chi connectivity index (χ2v) is 6.92. The monoisotopic (exact) mass is 322 g/mol. The van der Waals surface area contributed by atoms with Gasteiger partial charge >= 0.3 is 0 Å². The summed E-state index contributed by atoms with van der Waals surface area (Å²) in [5.41, 5.74) is 0.699. The van der Waals surface area contributed by atoms with Gasteiger partial charge in [-0.05, 0) is 33.6 Å². The lowest BCUT2D eigenvalue weighted by Crippen LogP contribution is -2.27. The number of carbonyl (C=O) groups excluding carboxylic acids is 1. The van der Waals surface area contributed by atoms with Gasteiger partial charge in [0.25, 0.3) is 0 Å². The zero-order valence-corrected chi connectivity index (χ0v) is 14.0. The smallest absolute Gasteiger partial charge is 0.224 e. The molecule has 0 aliphatic rings. The third-order valence-corrected chi connectivity index (χ3v) is 4.03. The molecule has 0 aromatic carbocycles. The lowest BCUT2D eigenvalue weighted by molar-refractivity contribution is -0.116. The van der Waals surface area contributed by atoms with Gasteiger partial charge in [-0.3, -0.25) is 9.48 Å². The van der Waals surface area contributed by atoms with Crippen molar-refractivity contribution in [3.8, 4) is 0 Å². The van der Waals surface area contributed by atoms with Crippen LogP contribution < -0.4 is 5.32 Å². The van der Waals surface area contributed by atoms with E-state index >= 15 is 0 Å². The molecule has 0 saturated carbocycles. The minimum absolute atomic E-state index is 0.0255. The van der Waals surface area contributed by atoms with E-state index in [1.54, 1.807) is 42.3 Å². The Kier molecular flexibility index (Phi) is 5.31. The lowest BCUT2D eigenvalue weighted by atomic mass is 10.1. The highest BCUT2D eigenvalue weighted by Gasteiger charge is 2.17. The van der Waals surface area contributed by atoms with Crippen molar-refractivity contribution in [3.63, 3.8) is 0 Å². The molecule has 0 saturated heterocycles. The Bertz CT molecular complexity index is 614. The molecule has 22 heavy (non-hydrogen) atoms. The molecule has 0 fully saturated rings. The second kappa shape index (κ2) is 7.02. The van der Waals surface area contributed by atoms with Crippen LogP contribution in [-0.4, -0.2) is 31.4 Å². The number of carbonyl (C=O) groups is 1. The van der Waals surface area contributed by atoms with Crippen LogP contribution in [0.4, 0.5) is 5.69 Å². The van der Waals surface area contributed by atoms with Crippen LogP contribution in [0.2, 0.25) is 0 Å². The Hall–Kier alpha value is -1.73. The Morgan fingerprint density at radius 3 is 2.91 bits per heavy atom. The molecule has 0 bridgehead atoms. The fourth-order valence-electron chi connectivity index (χ4n) is 2.08. The van der Waals surface area contributed by atoms with Crippen LogP contribution in [0.5, 0.6) is 0 Å². The minimum Gasteiger partial charge on any atom is -0.389 e. The van der Waals surface area contributed by atoms with Crippen molar-refractivity contribution in [3.05, 3.63) is 28.5 Å². The van der Waals surface area contributed by atoms with Gasteiger partial charge < -0.3 is 10.4 Å². The molecule has 2 rings (SSSR count). The van der Waals surface area contributed by atoms with Crippen LogP contribution in [0.25, 0.3) is 0 Å². The number of anilines is 1. The van der Waals surface area contributed by atoms with Gasteiger partial charge in [0.05, 0.1) is 34.7 Å². The molecule has 0 radical (unpaired) electrons. The molecule has 2 heterocycles. The number of hydrogen-bond donors (Lipinski definition) is 2. The summed E-state index contributed by atoms with van der Waals surface area (Å²) in [4.78, 5) is 16.2. The molecule has 0 spiro atoms. The van der Waals surface area contributed by atoms with E-state index in [0.29, 0.717) is 18.7 Å². The average Bonchev–Trinajstić information content (AvgIpc) is 3.02. The Morgan fingerprint density at radius 2 is 2.27 bits per heavy atom. The van der Waals surface area contributed by atoms with Gasteiger partial charge in [0.15, 0.2) is 0 Å². The number of thiazole rings is 1. The zero-order chi connectivity index (χ0) is 16.2. The maximum Gasteiger partial charge on any atom is 0.224 e. The normalized spacial score (nSPS) is 11.6. The number of nitrogens with one attached hydrogen (secondary N) is 1. The van der Waals surface area contributed by atoms with Gasteiger partial charge in [-0.2, -0.15) is 5.10 Å². The average molecular weight is 322 g/mol. The standard InChI is InChI=1S/C15H22N4O2S/c1-11-12(9-17-19(11)10-15(2,3)21)18-13(20)5-4-6-14-16-7-8-22-14/h7-9,21H,4-6,10H2,1-3H3,(H,18,20). The van der Waals surface area contributed by atoms with E-state index < -0.39 is 5.60 Å². The Morgan fingerprint density at radius 1 is 1.50 bits per heavy atom. The zero-order valence-electron chi connectivity index (χ0n) is 13.2. The molecule has 7 heteroatoms. The SMILES string of the molecule is Cc1c(NC(=O)CCCc2nccs2)cnn1CC(C)(C)O. The predicted molar refractivity (Wildman–Crippen MR) is 86.9 cm³/mol. The molecule has 2 aromatic rings. The molecular formula is C15H22N4O2S. The highest BCUT2D eigenvalue weighted by Crippen LogP contribution is 2.17. The van der Waals surface area contributed by atoms with E-state index in [1.807, 2.05) is 12.3 Å². The van der Waals surface area contributed by atoms with Crippen LogP contribution in [0.15, 0.2) is 17.8 Å². The molecular weight excluding hydrogens is 300 g/mol. The first-order chi connectivity index (χ1) is 10.3. The summed E-state index contributed by atoms with van der Waals surface area (Å²) in [6.45, 7) is 5.72. The lowest BCUT2D eigenvalue weighted by Gasteiger charge is -2.18. The number of nitrogens with zero attached hydrogens (tertiary/aromatic N) is 3. The molecule has 1 amide bonds. The fourth-order valence-corrected chi connectivity index (χ4v) is 2.75. The van der Waals surface area contributed by atoms with Crippen LogP contribution in [0.3, 0.4) is 0 Å². The van der Waals surface area contributed by atoms with Gasteiger partial charge in [-0.1, -0.05) is 0 Å². The highest BCUT2D eigenvalue weighted by molar-refractivity contribution is 7.09. The van der Waals surface area contributed by atoms with E-state index in [9.17, 15) is 9.90 Å². The molecule has 2 aromatic heterocycles. The summed E-state index contributed by atoms with van der Waals surface area (Å²) in [5.74, 6) is -0.0255. The van der Waals surface area contributed by atoms with Gasteiger partial charge in [-0.15, -0.1) is 11.3 Å². The van der Waals surface area contributed by atoms with E-state index in [-0.39, 0.29) is 5.91 Å². The molecule has 2 N–H and O–H groups in total. The molecule has 0 unspecified atom stereocenters. The Labute approximate surface area is 134 Å². The van der Waals surface area contributed by atoms with E-state index in [0.717, 1.165) is 23.5 Å². The Balaban J connectivity index is 1.84. The maximum absolute atomic E-state index is 12.0. The first-order valence-corrected chi connectivity index (χ1v) is 8.16. The van der Waals surface area contributed by atoms with Gasteiger partial charge in [0, 0.05) is 18.0 Å². The van der Waals surface area contributed by atoms with E-state index in [4.69, 9.17) is 0 Å². The first kappa shape index (κ1) is 16.6. The summed E-state index contributed by atoms with van der Waals surface area (Å²) in [7, 11) is 0. The largest absolute Gasteiger partial charge is 0.389 e. The minimum atomic E-state index is -0.842. The topological polar surface area (TPSA) is 80.0 Å². The quantitative estimate of drug-likeness (QED) is 0.820. The molecule has 0 aliphatic heterocycles. The summed E-state index contributed by atoms with van der Waals surface area (Å²) < 4.78 is 1.70. The van der Waals surface area contributed by atoms with Crippen LogP contribution in [0, 0.1) is 6.92 Å². The molecule has 0 aliphatic carbocycles. The van der Waals surface area contributed by atoms with Crippen LogP contribution >= 0.6 is 11.3 Å². The highest BCUT2D eigenvalue weighted by atomic mass is 32.1. The number of rotatable bonds is 7. The summed E-state index contributed by atoms with van der Waals surface area (Å²) in [6, 6.07) is 0. The van der Waals surface area contributed by atoms with Crippen LogP contribution in [-0.2, 0) is 17.8 Å². The van der Waals surface area contributed by atoms with Crippen molar-refractivity contribution in [1.29, 1.82) is 0 Å². The van der Waals surface area contributed by atoms with Crippen molar-refractivity contribution < 1.29 is 9.90 Å². The van der Waals surface area contributed by atoms with Crippen LogP contribution in [0.1, 0.15) is 37.4 Å². The summed E-state index contributed by atoms with van der Waals surface area (Å²) >= 11 is 1.61. The molecule has 0 atom stereocenters. The van der Waals surface area contributed by atoms with Crippen molar-refractivity contribution >= 4 is 22.9 Å². The number of hydrogen-bond acceptors (Lipinski definition) is 5. The maximum atomic E-state index is 12.0. The third-order valence-electron chi connectivity index (χ3n) is 3.19. The first-order valence-electron chi connectivity index (χ1n) is 7.28. The molecule has 120 valence electrons. The molecule has 6 nitrogen and oxygen atoms in total. The van der Waals surface area contributed by atoms with Crippen molar-refractivity contribution in [2.24, 2.45) is 0 Å². The third kappa shape index (κ3) is 4.92. The van der Waals surface area contributed by atoms with Gasteiger partial charge in [0.2, 0.25) is 5.91 Å². The van der Waals surface area contributed by atoms with Crippen molar-refractivity contribution in [1.82, 2.24) is 14.8 Å². The van der Waals surface area contributed by atoms with E-state index in [1.165, 1.54) is 0 Å². The number of aromatic nitrogens is 3. The fraction of sp³-hybridized carbons (Fsp3) is 0.533.